The van der Waals surface area contributed by atoms with E-state index in [1.165, 1.54) is 103 Å². The fourth-order valence-electron chi connectivity index (χ4n) is 5.94. The summed E-state index contributed by atoms with van der Waals surface area (Å²) >= 11 is 0. The Bertz CT molecular complexity index is 980. The molecule has 0 rings (SSSR count). The molecular formula is C44H85NO8P+. The number of quaternary nitrogens is 1. The first-order valence-corrected chi connectivity index (χ1v) is 23.6. The summed E-state index contributed by atoms with van der Waals surface area (Å²) in [6.45, 7) is 4.40. The molecule has 0 aromatic carbocycles. The third kappa shape index (κ3) is 40.2. The molecule has 0 saturated carbocycles. The van der Waals surface area contributed by atoms with E-state index in [0.29, 0.717) is 17.4 Å². The van der Waals surface area contributed by atoms with Crippen LogP contribution in [0.5, 0.6) is 0 Å². The van der Waals surface area contributed by atoms with E-state index in [4.69, 9.17) is 18.5 Å². The van der Waals surface area contributed by atoms with Crippen LogP contribution < -0.4 is 0 Å². The number of nitrogens with zero attached hydrogens (tertiary/aromatic N) is 1. The van der Waals surface area contributed by atoms with Crippen molar-refractivity contribution < 1.29 is 42.1 Å². The highest BCUT2D eigenvalue weighted by atomic mass is 31.2. The normalized spacial score (nSPS) is 13.8. The zero-order chi connectivity index (χ0) is 40.0. The predicted octanol–water partition coefficient (Wildman–Crippen LogP) is 12.4. The highest BCUT2D eigenvalue weighted by Gasteiger charge is 2.27. The molecule has 2 atom stereocenters. The van der Waals surface area contributed by atoms with Gasteiger partial charge in [0.25, 0.3) is 0 Å². The van der Waals surface area contributed by atoms with Crippen molar-refractivity contribution in [2.75, 3.05) is 47.5 Å². The Kier molecular flexibility index (Phi) is 36.1. The molecule has 318 valence electrons. The minimum atomic E-state index is -4.37. The first-order chi connectivity index (χ1) is 26.0. The molecule has 0 fully saturated rings. The van der Waals surface area contributed by atoms with Gasteiger partial charge in [0.15, 0.2) is 6.10 Å². The molecular weight excluding hydrogens is 701 g/mol. The number of ether oxygens (including phenoxy) is 2. The maximum absolute atomic E-state index is 12.7. The smallest absolute Gasteiger partial charge is 0.462 e. The molecule has 10 heteroatoms. The maximum atomic E-state index is 12.7. The topological polar surface area (TPSA) is 108 Å². The number of hydrogen-bond acceptors (Lipinski definition) is 7. The zero-order valence-electron chi connectivity index (χ0n) is 35.7. The van der Waals surface area contributed by atoms with Crippen LogP contribution in [0.25, 0.3) is 0 Å². The second-order valence-electron chi connectivity index (χ2n) is 16.1. The van der Waals surface area contributed by atoms with Gasteiger partial charge >= 0.3 is 19.8 Å². The van der Waals surface area contributed by atoms with Crippen LogP contribution in [0.15, 0.2) is 24.3 Å². The average molecular weight is 787 g/mol. The summed E-state index contributed by atoms with van der Waals surface area (Å²) < 4.78 is 34.3. The Hall–Kier alpha value is -1.51. The van der Waals surface area contributed by atoms with Crippen LogP contribution in [0.1, 0.15) is 194 Å². The number of carbonyl (C=O) groups is 2. The summed E-state index contributed by atoms with van der Waals surface area (Å²) in [6.07, 6.45) is 39.3. The molecule has 0 aromatic heterocycles. The second kappa shape index (κ2) is 37.1. The number of phosphoric acid groups is 1. The van der Waals surface area contributed by atoms with Gasteiger partial charge in [-0.25, -0.2) is 4.57 Å². The molecule has 9 nitrogen and oxygen atoms in total. The van der Waals surface area contributed by atoms with Gasteiger partial charge in [-0.1, -0.05) is 141 Å². The second-order valence-corrected chi connectivity index (χ2v) is 17.5. The third-order valence-corrected chi connectivity index (χ3v) is 10.4. The number of hydrogen-bond donors (Lipinski definition) is 1. The van der Waals surface area contributed by atoms with Crippen molar-refractivity contribution in [1.29, 1.82) is 0 Å². The lowest BCUT2D eigenvalue weighted by molar-refractivity contribution is -0.870. The fourth-order valence-corrected chi connectivity index (χ4v) is 6.69. The summed E-state index contributed by atoms with van der Waals surface area (Å²) in [5, 5.41) is 0. The van der Waals surface area contributed by atoms with E-state index in [2.05, 4.69) is 38.2 Å². The van der Waals surface area contributed by atoms with Crippen LogP contribution in [0.2, 0.25) is 0 Å². The Balaban J connectivity index is 4.37. The van der Waals surface area contributed by atoms with Crippen LogP contribution in [0.4, 0.5) is 0 Å². The van der Waals surface area contributed by atoms with Gasteiger partial charge in [-0.3, -0.25) is 18.6 Å². The van der Waals surface area contributed by atoms with E-state index in [0.717, 1.165) is 57.8 Å². The molecule has 54 heavy (non-hydrogen) atoms. The van der Waals surface area contributed by atoms with Gasteiger partial charge in [-0.15, -0.1) is 0 Å². The van der Waals surface area contributed by atoms with Crippen LogP contribution in [0, 0.1) is 0 Å². The van der Waals surface area contributed by atoms with Crippen molar-refractivity contribution in [3.05, 3.63) is 24.3 Å². The summed E-state index contributed by atoms with van der Waals surface area (Å²) in [5.41, 5.74) is 0. The Morgan fingerprint density at radius 3 is 1.37 bits per heavy atom. The number of phosphoric ester groups is 1. The van der Waals surface area contributed by atoms with E-state index in [1.807, 2.05) is 21.1 Å². The van der Waals surface area contributed by atoms with Gasteiger partial charge in [0.05, 0.1) is 27.7 Å². The van der Waals surface area contributed by atoms with Crippen LogP contribution >= 0.6 is 7.82 Å². The van der Waals surface area contributed by atoms with Gasteiger partial charge in [0.2, 0.25) is 0 Å². The van der Waals surface area contributed by atoms with Crippen molar-refractivity contribution in [1.82, 2.24) is 0 Å². The van der Waals surface area contributed by atoms with E-state index < -0.39 is 26.5 Å². The Morgan fingerprint density at radius 2 is 0.944 bits per heavy atom. The van der Waals surface area contributed by atoms with E-state index in [-0.39, 0.29) is 32.0 Å². The molecule has 1 N–H and O–H groups in total. The number of allylic oxidation sites excluding steroid dienone is 4. The van der Waals surface area contributed by atoms with Crippen molar-refractivity contribution in [3.63, 3.8) is 0 Å². The lowest BCUT2D eigenvalue weighted by Crippen LogP contribution is -2.37. The average Bonchev–Trinajstić information content (AvgIpc) is 3.12. The quantitative estimate of drug-likeness (QED) is 0.0215. The maximum Gasteiger partial charge on any atom is 0.472 e. The Morgan fingerprint density at radius 1 is 0.556 bits per heavy atom. The summed E-state index contributed by atoms with van der Waals surface area (Å²) in [6, 6.07) is 0. The minimum Gasteiger partial charge on any atom is -0.462 e. The van der Waals surface area contributed by atoms with E-state index in [9.17, 15) is 19.0 Å². The molecule has 0 saturated heterocycles. The van der Waals surface area contributed by atoms with Crippen LogP contribution in [-0.2, 0) is 32.7 Å². The SMILES string of the molecule is CCCCCCC/C=C/CCCCCCCCC(=O)OCC(COP(=O)(O)OCC[N+](C)(C)C)OC(=O)CCCCCCCC/C=C/CCCCCCC. The third-order valence-electron chi connectivity index (χ3n) is 9.45. The summed E-state index contributed by atoms with van der Waals surface area (Å²) in [5.74, 6) is -0.809. The minimum absolute atomic E-state index is 0.0307. The fraction of sp³-hybridized carbons (Fsp3) is 0.864. The monoisotopic (exact) mass is 787 g/mol. The van der Waals surface area contributed by atoms with Crippen molar-refractivity contribution >= 4 is 19.8 Å². The number of rotatable bonds is 40. The van der Waals surface area contributed by atoms with Gasteiger partial charge < -0.3 is 18.9 Å². The number of likely N-dealkylation sites (N-methyl/N-ethyl adjacent to an activating group) is 1. The molecule has 0 heterocycles. The summed E-state index contributed by atoms with van der Waals surface area (Å²) in [7, 11) is 1.47. The molecule has 0 bridgehead atoms. The van der Waals surface area contributed by atoms with Crippen molar-refractivity contribution in [2.45, 2.75) is 200 Å². The van der Waals surface area contributed by atoms with Crippen molar-refractivity contribution in [2.24, 2.45) is 0 Å². The van der Waals surface area contributed by atoms with Crippen molar-refractivity contribution in [3.8, 4) is 0 Å². The molecule has 0 aromatic rings. The lowest BCUT2D eigenvalue weighted by Gasteiger charge is -2.24. The molecule has 0 aliphatic rings. The molecule has 0 amide bonds. The zero-order valence-corrected chi connectivity index (χ0v) is 36.6. The van der Waals surface area contributed by atoms with E-state index >= 15 is 0 Å². The van der Waals surface area contributed by atoms with Gasteiger partial charge in [-0.2, -0.15) is 0 Å². The molecule has 2 unspecified atom stereocenters. The predicted molar refractivity (Wildman–Crippen MR) is 224 cm³/mol. The van der Waals surface area contributed by atoms with Gasteiger partial charge in [0.1, 0.15) is 19.8 Å². The standard InChI is InChI=1S/C44H84NO8P/c1-6-8-10-12-14-16-18-20-22-24-26-28-30-32-34-36-43(46)50-40-42(41-52-54(48,49)51-39-38-45(3,4)5)53-44(47)37-35-33-31-29-27-25-23-21-19-17-15-13-11-9-7-2/h18-21,42H,6-17,22-41H2,1-5H3/p+1/b20-18+,21-19+. The summed E-state index contributed by atoms with van der Waals surface area (Å²) in [4.78, 5) is 35.3. The van der Waals surface area contributed by atoms with Crippen LogP contribution in [-0.4, -0.2) is 74.9 Å². The highest BCUT2D eigenvalue weighted by molar-refractivity contribution is 7.47. The van der Waals surface area contributed by atoms with Gasteiger partial charge in [0, 0.05) is 12.8 Å². The largest absolute Gasteiger partial charge is 0.472 e. The lowest BCUT2D eigenvalue weighted by atomic mass is 10.1. The molecule has 0 aliphatic heterocycles. The highest BCUT2D eigenvalue weighted by Crippen LogP contribution is 2.43. The number of esters is 2. The first-order valence-electron chi connectivity index (χ1n) is 22.1. The van der Waals surface area contributed by atoms with Crippen LogP contribution in [0.3, 0.4) is 0 Å². The first kappa shape index (κ1) is 52.5. The van der Waals surface area contributed by atoms with Gasteiger partial charge in [-0.05, 0) is 64.2 Å². The number of carbonyl (C=O) groups excluding carboxylic acids is 2. The van der Waals surface area contributed by atoms with E-state index in [1.54, 1.807) is 0 Å². The molecule has 0 spiro atoms. The number of unbranched alkanes of at least 4 members (excludes halogenated alkanes) is 22. The molecule has 0 aliphatic carbocycles. The Labute approximate surface area is 332 Å². The molecule has 0 radical (unpaired) electrons.